The zero-order valence-electron chi connectivity index (χ0n) is 12.6. The fraction of sp³-hybridized carbons (Fsp3) is 0.600. The van der Waals surface area contributed by atoms with Crippen LogP contribution in [0.5, 0.6) is 0 Å². The average molecular weight is 418 g/mol. The van der Waals surface area contributed by atoms with Gasteiger partial charge in [-0.3, -0.25) is 0 Å². The molecule has 2 aliphatic carbocycles. The molecule has 0 saturated carbocycles. The summed E-state index contributed by atoms with van der Waals surface area (Å²) in [5.74, 6) is 0. The maximum absolute atomic E-state index is 7.90. The predicted octanol–water partition coefficient (Wildman–Crippen LogP) is 6.18. The van der Waals surface area contributed by atoms with E-state index < -0.39 is 11.4 Å². The van der Waals surface area contributed by atoms with Crippen LogP contribution in [0.1, 0.15) is 12.8 Å². The van der Waals surface area contributed by atoms with Crippen molar-refractivity contribution in [3.63, 3.8) is 0 Å². The molecule has 0 aromatic rings. The van der Waals surface area contributed by atoms with Crippen molar-refractivity contribution in [2.75, 3.05) is 0 Å². The summed E-state index contributed by atoms with van der Waals surface area (Å²) in [6, 6.07) is 0. The van der Waals surface area contributed by atoms with Gasteiger partial charge in [-0.2, -0.15) is 0 Å². The molecule has 12 aliphatic rings. The zero-order chi connectivity index (χ0) is 14.6. The molecule has 5 unspecified atom stereocenters. The molecule has 10 fully saturated rings. The average Bonchev–Trinajstić information content (AvgIpc) is 3.39. The molecular weight excluding hydrogens is 402 g/mol. The maximum atomic E-state index is 7.90. The number of fused-ring (bicyclic) bond motifs is 10. The predicted molar refractivity (Wildman–Crippen MR) is 88.7 cm³/mol. The van der Waals surface area contributed by atoms with Crippen molar-refractivity contribution < 1.29 is 11.4 Å². The summed E-state index contributed by atoms with van der Waals surface area (Å²) in [6.45, 7) is 0. The van der Waals surface area contributed by atoms with Gasteiger partial charge in [0, 0.05) is 0 Å². The van der Waals surface area contributed by atoms with Gasteiger partial charge in [-0.25, -0.2) is 0 Å². The first-order chi connectivity index (χ1) is 10.9. The van der Waals surface area contributed by atoms with Gasteiger partial charge in [0.15, 0.2) is 0 Å². The molecule has 0 bridgehead atoms. The first-order valence-corrected chi connectivity index (χ1v) is 24.2. The Morgan fingerprint density at radius 3 is 1.87 bits per heavy atom. The van der Waals surface area contributed by atoms with Gasteiger partial charge in [0.2, 0.25) is 0 Å². The molecule has 5 atom stereocenters. The summed E-state index contributed by atoms with van der Waals surface area (Å²) < 4.78 is 8.11. The number of alkyl halides is 2. The van der Waals surface area contributed by atoms with E-state index in [1.165, 1.54) is 12.8 Å². The van der Waals surface area contributed by atoms with Gasteiger partial charge < -0.3 is 0 Å². The summed E-state index contributed by atoms with van der Waals surface area (Å²) in [4.78, 5) is 0. The van der Waals surface area contributed by atoms with Gasteiger partial charge in [-0.15, -0.1) is 0 Å². The molecule has 3 heteroatoms. The fourth-order valence-corrected chi connectivity index (χ4v) is 274. The van der Waals surface area contributed by atoms with Crippen LogP contribution < -0.4 is 0 Å². The molecular formula is C20H16Cl2Zr. The Hall–Kier alpha value is 0.423. The molecule has 0 nitrogen and oxygen atoms in total. The normalized spacial score (nSPS) is 106. The number of halogens is 2. The van der Waals surface area contributed by atoms with Gasteiger partial charge in [0.05, 0.1) is 0 Å². The van der Waals surface area contributed by atoms with Crippen molar-refractivity contribution in [3.05, 3.63) is 47.6 Å². The minimum absolute atomic E-state index is 0.156. The Bertz CT molecular complexity index is 1430. The fourth-order valence-electron chi connectivity index (χ4n) is 28.0. The van der Waals surface area contributed by atoms with E-state index >= 15 is 0 Å². The van der Waals surface area contributed by atoms with E-state index in [-0.39, 0.29) is 5.16 Å². The number of hydrogen-bond donors (Lipinski definition) is 0. The van der Waals surface area contributed by atoms with Crippen LogP contribution >= 0.6 is 23.2 Å². The van der Waals surface area contributed by atoms with Crippen LogP contribution in [0.3, 0.4) is 0 Å². The Balaban J connectivity index is 1.49. The quantitative estimate of drug-likeness (QED) is 0.470. The van der Waals surface area contributed by atoms with Gasteiger partial charge in [-0.05, 0) is 0 Å². The Kier molecular flexibility index (Phi) is 0.432. The van der Waals surface area contributed by atoms with E-state index in [1.807, 2.05) is 5.57 Å². The third-order valence-corrected chi connectivity index (χ3v) is 131. The van der Waals surface area contributed by atoms with Gasteiger partial charge in [0.25, 0.3) is 0 Å². The minimum atomic E-state index is -4.58. The van der Waals surface area contributed by atoms with Gasteiger partial charge in [0.1, 0.15) is 0 Å². The number of hydrogen-bond acceptors (Lipinski definition) is 0. The molecule has 0 aromatic carbocycles. The van der Waals surface area contributed by atoms with Crippen molar-refractivity contribution in [3.8, 4) is 0 Å². The van der Waals surface area contributed by atoms with E-state index in [0.29, 0.717) is 6.25 Å². The molecule has 10 heterocycles. The summed E-state index contributed by atoms with van der Waals surface area (Å²) in [5, 5.41) is 0. The van der Waals surface area contributed by atoms with Crippen LogP contribution in [0, 0.1) is 0 Å². The van der Waals surface area contributed by atoms with Crippen molar-refractivity contribution in [2.45, 2.75) is 46.0 Å². The van der Waals surface area contributed by atoms with Crippen molar-refractivity contribution in [1.29, 1.82) is 0 Å². The van der Waals surface area contributed by atoms with Crippen LogP contribution in [-0.2, 0) is 11.4 Å². The molecule has 0 amide bonds. The second-order valence-corrected chi connectivity index (χ2v) is 68.3. The van der Waals surface area contributed by atoms with Crippen LogP contribution in [0.25, 0.3) is 0 Å². The van der Waals surface area contributed by atoms with Crippen LogP contribution in [0.4, 0.5) is 0 Å². The second-order valence-electron chi connectivity index (χ2n) is 15.4. The SMILES string of the molecule is Cl[C]12[CH]3[C]4(C5=CC=CC5)[C]5(C6=CC=CC6)[C]1(Cl)[Zr]32451678[CH]2[CH]1[CH]6[CH]7[CH]28. The van der Waals surface area contributed by atoms with Crippen molar-refractivity contribution in [1.82, 2.24) is 0 Å². The third kappa shape index (κ3) is 0.118. The number of rotatable bonds is 2. The monoisotopic (exact) mass is 416 g/mol. The Labute approximate surface area is 127 Å². The van der Waals surface area contributed by atoms with Gasteiger partial charge >= 0.3 is 128 Å². The van der Waals surface area contributed by atoms with Gasteiger partial charge in [-0.1, -0.05) is 0 Å². The first kappa shape index (κ1) is 9.94. The Morgan fingerprint density at radius 1 is 0.870 bits per heavy atom. The molecule has 23 heavy (non-hydrogen) atoms. The van der Waals surface area contributed by atoms with Crippen LogP contribution in [0.2, 0.25) is 28.0 Å². The molecule has 0 aromatic heterocycles. The summed E-state index contributed by atoms with van der Waals surface area (Å²) in [5.41, 5.74) is 3.63. The second kappa shape index (κ2) is 1.00. The molecule has 0 radical (unpaired) electrons. The van der Waals surface area contributed by atoms with Crippen molar-refractivity contribution in [2.24, 2.45) is 0 Å². The van der Waals surface area contributed by atoms with Crippen molar-refractivity contribution >= 4 is 23.2 Å². The zero-order valence-corrected chi connectivity index (χ0v) is 16.6. The molecule has 10 aliphatic heterocycles. The topological polar surface area (TPSA) is 0 Å². The molecule has 0 N–H and O–H groups in total. The van der Waals surface area contributed by atoms with E-state index in [9.17, 15) is 0 Å². The van der Waals surface area contributed by atoms with E-state index in [2.05, 4.69) is 36.5 Å². The molecule has 12 rings (SSSR count). The molecule has 10 saturated heterocycles. The first-order valence-electron chi connectivity index (χ1n) is 10.0. The summed E-state index contributed by atoms with van der Waals surface area (Å²) >= 11 is 11.1. The molecule has 1 spiro atoms. The summed E-state index contributed by atoms with van der Waals surface area (Å²) in [6.07, 6.45) is 16.9. The Morgan fingerprint density at radius 2 is 1.43 bits per heavy atom. The van der Waals surface area contributed by atoms with Crippen LogP contribution in [0.15, 0.2) is 47.6 Å². The standard InChI is InChI=1S/C15H11Cl2.C5H5.Zr/c16-13-9-12(10-5-1-2-6-10)14(15(13)17)11-7-3-4-8-11;1-2-4-5-3-1;/h1-5,7,9H,6,8H2;1-5H;. The van der Waals surface area contributed by atoms with E-state index in [1.54, 1.807) is 5.57 Å². The number of allylic oxidation sites excluding steroid dienone is 8. The van der Waals surface area contributed by atoms with Crippen LogP contribution in [-0.4, -0.2) is 5.16 Å². The third-order valence-electron chi connectivity index (χ3n) is 22.9. The van der Waals surface area contributed by atoms with E-state index in [4.69, 9.17) is 23.2 Å². The summed E-state index contributed by atoms with van der Waals surface area (Å²) in [7, 11) is 0. The van der Waals surface area contributed by atoms with E-state index in [0.717, 1.165) is 21.8 Å². The molecule has 114 valence electrons.